The second kappa shape index (κ2) is 2.67. The van der Waals surface area contributed by atoms with Crippen LogP contribution in [0, 0.1) is 5.92 Å². The molecule has 0 saturated carbocycles. The van der Waals surface area contributed by atoms with E-state index in [0.717, 1.165) is 19.5 Å². The maximum absolute atomic E-state index is 9.27. The third-order valence-electron chi connectivity index (χ3n) is 2.06. The number of rotatable bonds is 0. The summed E-state index contributed by atoms with van der Waals surface area (Å²) >= 11 is 0. The summed E-state index contributed by atoms with van der Waals surface area (Å²) in [4.78, 5) is 2.26. The molecule has 0 radical (unpaired) electrons. The highest BCUT2D eigenvalue weighted by molar-refractivity contribution is 4.74. The zero-order chi connectivity index (χ0) is 6.85. The summed E-state index contributed by atoms with van der Waals surface area (Å²) in [5, 5.41) is 9.27. The predicted octanol–water partition coefficient (Wildman–Crippen LogP) is 0.319. The summed E-state index contributed by atoms with van der Waals surface area (Å²) < 4.78 is 0. The lowest BCUT2D eigenvalue weighted by Crippen LogP contribution is -2.39. The van der Waals surface area contributed by atoms with Crippen LogP contribution in [-0.4, -0.2) is 36.2 Å². The van der Waals surface area contributed by atoms with E-state index in [4.69, 9.17) is 0 Å². The van der Waals surface area contributed by atoms with Gasteiger partial charge in [-0.05, 0) is 19.4 Å². The number of piperidine rings is 1. The van der Waals surface area contributed by atoms with Gasteiger partial charge in [0.15, 0.2) is 0 Å². The van der Waals surface area contributed by atoms with E-state index < -0.39 is 0 Å². The quantitative estimate of drug-likeness (QED) is 0.509. The van der Waals surface area contributed by atoms with Crippen molar-refractivity contribution < 1.29 is 5.11 Å². The Bertz CT molecular complexity index is 94.9. The second-order valence-corrected chi connectivity index (χ2v) is 3.10. The third-order valence-corrected chi connectivity index (χ3v) is 2.06. The Morgan fingerprint density at radius 1 is 1.56 bits per heavy atom. The fourth-order valence-electron chi connectivity index (χ4n) is 1.34. The number of aliphatic hydroxyl groups excluding tert-OH is 1. The molecule has 54 valence electrons. The lowest BCUT2D eigenvalue weighted by atomic mass is 9.97. The minimum Gasteiger partial charge on any atom is -0.393 e. The van der Waals surface area contributed by atoms with Gasteiger partial charge in [0.05, 0.1) is 6.10 Å². The van der Waals surface area contributed by atoms with E-state index in [9.17, 15) is 5.11 Å². The van der Waals surface area contributed by atoms with Gasteiger partial charge in [0.25, 0.3) is 0 Å². The molecule has 2 nitrogen and oxygen atoms in total. The summed E-state index contributed by atoms with van der Waals surface area (Å²) in [6, 6.07) is 0. The van der Waals surface area contributed by atoms with Gasteiger partial charge >= 0.3 is 0 Å². The molecule has 0 aromatic rings. The van der Waals surface area contributed by atoms with Gasteiger partial charge in [0.2, 0.25) is 0 Å². The fourth-order valence-corrected chi connectivity index (χ4v) is 1.34. The van der Waals surface area contributed by atoms with Crippen molar-refractivity contribution in [2.45, 2.75) is 19.4 Å². The van der Waals surface area contributed by atoms with Gasteiger partial charge in [-0.1, -0.05) is 6.92 Å². The SMILES string of the molecule is C[C@H]1CN(C)CC[C@H]1O. The molecule has 1 heterocycles. The summed E-state index contributed by atoms with van der Waals surface area (Å²) in [5.74, 6) is 0.462. The van der Waals surface area contributed by atoms with Crippen LogP contribution in [0.4, 0.5) is 0 Å². The predicted molar refractivity (Wildman–Crippen MR) is 37.3 cm³/mol. The second-order valence-electron chi connectivity index (χ2n) is 3.10. The third kappa shape index (κ3) is 1.66. The molecule has 0 aromatic carbocycles. The van der Waals surface area contributed by atoms with E-state index in [-0.39, 0.29) is 6.10 Å². The monoisotopic (exact) mass is 129 g/mol. The lowest BCUT2D eigenvalue weighted by Gasteiger charge is -2.31. The molecule has 1 aliphatic rings. The summed E-state index contributed by atoms with van der Waals surface area (Å²) in [7, 11) is 2.10. The Labute approximate surface area is 56.5 Å². The Kier molecular flexibility index (Phi) is 2.09. The van der Waals surface area contributed by atoms with Crippen molar-refractivity contribution in [1.29, 1.82) is 0 Å². The van der Waals surface area contributed by atoms with Crippen molar-refractivity contribution in [2.75, 3.05) is 20.1 Å². The largest absolute Gasteiger partial charge is 0.393 e. The van der Waals surface area contributed by atoms with Gasteiger partial charge in [-0.2, -0.15) is 0 Å². The van der Waals surface area contributed by atoms with Crippen molar-refractivity contribution >= 4 is 0 Å². The van der Waals surface area contributed by atoms with Crippen molar-refractivity contribution in [3.05, 3.63) is 0 Å². The molecule has 1 rings (SSSR count). The molecule has 0 unspecified atom stereocenters. The standard InChI is InChI=1S/C7H15NO/c1-6-5-8(2)4-3-7(6)9/h6-7,9H,3-5H2,1-2H3/t6-,7+/m0/s1. The molecule has 0 amide bonds. The number of hydrogen-bond acceptors (Lipinski definition) is 2. The molecule has 9 heavy (non-hydrogen) atoms. The van der Waals surface area contributed by atoms with Crippen LogP contribution in [0.3, 0.4) is 0 Å². The average molecular weight is 129 g/mol. The number of nitrogens with zero attached hydrogens (tertiary/aromatic N) is 1. The summed E-state index contributed by atoms with van der Waals surface area (Å²) in [5.41, 5.74) is 0. The van der Waals surface area contributed by atoms with Crippen LogP contribution in [0.15, 0.2) is 0 Å². The molecule has 2 heteroatoms. The number of aliphatic hydroxyl groups is 1. The first-order chi connectivity index (χ1) is 4.20. The van der Waals surface area contributed by atoms with Crippen molar-refractivity contribution in [3.63, 3.8) is 0 Å². The molecule has 0 spiro atoms. The zero-order valence-corrected chi connectivity index (χ0v) is 6.17. The van der Waals surface area contributed by atoms with Crippen LogP contribution in [-0.2, 0) is 0 Å². The van der Waals surface area contributed by atoms with Crippen LogP contribution in [0.2, 0.25) is 0 Å². The molecular formula is C7H15NO. The van der Waals surface area contributed by atoms with Gasteiger partial charge in [-0.3, -0.25) is 0 Å². The Balaban J connectivity index is 2.35. The minimum absolute atomic E-state index is 0.0544. The van der Waals surface area contributed by atoms with E-state index in [1.54, 1.807) is 0 Å². The Morgan fingerprint density at radius 2 is 2.22 bits per heavy atom. The summed E-state index contributed by atoms with van der Waals surface area (Å²) in [6.45, 7) is 4.19. The topological polar surface area (TPSA) is 23.5 Å². The molecule has 0 aliphatic carbocycles. The highest BCUT2D eigenvalue weighted by Crippen LogP contribution is 2.14. The number of likely N-dealkylation sites (tertiary alicyclic amines) is 1. The molecule has 1 N–H and O–H groups in total. The van der Waals surface area contributed by atoms with Crippen molar-refractivity contribution in [3.8, 4) is 0 Å². The Hall–Kier alpha value is -0.0800. The molecule has 2 atom stereocenters. The highest BCUT2D eigenvalue weighted by Gasteiger charge is 2.21. The molecular weight excluding hydrogens is 114 g/mol. The first-order valence-electron chi connectivity index (χ1n) is 3.57. The molecule has 1 aliphatic heterocycles. The first kappa shape index (κ1) is 7.03. The smallest absolute Gasteiger partial charge is 0.0590 e. The van der Waals surface area contributed by atoms with Crippen LogP contribution in [0.25, 0.3) is 0 Å². The van der Waals surface area contributed by atoms with Crippen LogP contribution < -0.4 is 0 Å². The van der Waals surface area contributed by atoms with E-state index in [2.05, 4.69) is 18.9 Å². The molecule has 0 bridgehead atoms. The van der Waals surface area contributed by atoms with Crippen LogP contribution in [0.1, 0.15) is 13.3 Å². The van der Waals surface area contributed by atoms with Crippen molar-refractivity contribution in [1.82, 2.24) is 4.90 Å². The van der Waals surface area contributed by atoms with Gasteiger partial charge in [0.1, 0.15) is 0 Å². The van der Waals surface area contributed by atoms with Gasteiger partial charge in [-0.25, -0.2) is 0 Å². The van der Waals surface area contributed by atoms with Gasteiger partial charge in [-0.15, -0.1) is 0 Å². The molecule has 1 fully saturated rings. The van der Waals surface area contributed by atoms with Gasteiger partial charge in [0, 0.05) is 13.1 Å². The number of hydrogen-bond donors (Lipinski definition) is 1. The van der Waals surface area contributed by atoms with E-state index in [1.807, 2.05) is 0 Å². The van der Waals surface area contributed by atoms with E-state index >= 15 is 0 Å². The average Bonchev–Trinajstić information content (AvgIpc) is 1.80. The molecule has 1 saturated heterocycles. The highest BCUT2D eigenvalue weighted by atomic mass is 16.3. The van der Waals surface area contributed by atoms with Gasteiger partial charge < -0.3 is 10.0 Å². The maximum Gasteiger partial charge on any atom is 0.0590 e. The fraction of sp³-hybridized carbons (Fsp3) is 1.00. The normalized spacial score (nSPS) is 39.0. The van der Waals surface area contributed by atoms with Crippen LogP contribution >= 0.6 is 0 Å². The first-order valence-corrected chi connectivity index (χ1v) is 3.57. The van der Waals surface area contributed by atoms with Crippen LogP contribution in [0.5, 0.6) is 0 Å². The maximum atomic E-state index is 9.27. The van der Waals surface area contributed by atoms with E-state index in [1.165, 1.54) is 0 Å². The summed E-state index contributed by atoms with van der Waals surface area (Å²) in [6.07, 6.45) is 0.888. The Morgan fingerprint density at radius 3 is 2.67 bits per heavy atom. The molecule has 0 aromatic heterocycles. The lowest BCUT2D eigenvalue weighted by molar-refractivity contribution is 0.0451. The zero-order valence-electron chi connectivity index (χ0n) is 6.17. The minimum atomic E-state index is -0.0544. The van der Waals surface area contributed by atoms with E-state index in [0.29, 0.717) is 5.92 Å². The van der Waals surface area contributed by atoms with Crippen molar-refractivity contribution in [2.24, 2.45) is 5.92 Å².